The molecule has 0 amide bonds. The molecule has 2 N–H and O–H groups in total. The lowest BCUT2D eigenvalue weighted by molar-refractivity contribution is -0.123. The van der Waals surface area contributed by atoms with Gasteiger partial charge >= 0.3 is 0 Å². The number of nitrogens with two attached hydrogens (primary N) is 1. The van der Waals surface area contributed by atoms with E-state index in [0.717, 1.165) is 6.42 Å². The highest BCUT2D eigenvalue weighted by Gasteiger charge is 2.15. The van der Waals surface area contributed by atoms with Crippen LogP contribution in [0.5, 0.6) is 0 Å². The van der Waals surface area contributed by atoms with Gasteiger partial charge in [-0.05, 0) is 13.3 Å². The van der Waals surface area contributed by atoms with Gasteiger partial charge in [0.05, 0.1) is 6.04 Å². The zero-order chi connectivity index (χ0) is 8.85. The Hall–Kier alpha value is -0.410. The Morgan fingerprint density at radius 3 is 2.45 bits per heavy atom. The maximum absolute atomic E-state index is 11.2. The third-order valence-corrected chi connectivity index (χ3v) is 1.69. The fraction of sp³-hybridized carbons (Fsp3) is 0.875. The van der Waals surface area contributed by atoms with Crippen molar-refractivity contribution in [1.29, 1.82) is 0 Å². The summed E-state index contributed by atoms with van der Waals surface area (Å²) in [5, 5.41) is 0. The molecule has 0 saturated carbocycles. The molecule has 0 rings (SSSR count). The molecule has 0 aromatic heterocycles. The Kier molecular flexibility index (Phi) is 5.07. The van der Waals surface area contributed by atoms with E-state index in [4.69, 9.17) is 10.5 Å². The van der Waals surface area contributed by atoms with Crippen LogP contribution in [-0.4, -0.2) is 25.5 Å². The van der Waals surface area contributed by atoms with E-state index >= 15 is 0 Å². The van der Waals surface area contributed by atoms with Gasteiger partial charge < -0.3 is 10.5 Å². The predicted molar refractivity (Wildman–Crippen MR) is 44.3 cm³/mol. The summed E-state index contributed by atoms with van der Waals surface area (Å²) >= 11 is 0. The van der Waals surface area contributed by atoms with Gasteiger partial charge in [-0.1, -0.05) is 6.92 Å². The van der Waals surface area contributed by atoms with Crippen LogP contribution in [0.3, 0.4) is 0 Å². The number of methoxy groups -OCH3 is 1. The summed E-state index contributed by atoms with van der Waals surface area (Å²) < 4.78 is 4.85. The Balaban J connectivity index is 3.64. The quantitative estimate of drug-likeness (QED) is 0.638. The van der Waals surface area contributed by atoms with E-state index in [0.29, 0.717) is 6.61 Å². The molecule has 0 aliphatic rings. The predicted octanol–water partition coefficient (Wildman–Crippen LogP) is 0.575. The van der Waals surface area contributed by atoms with E-state index in [2.05, 4.69) is 0 Å². The van der Waals surface area contributed by atoms with Gasteiger partial charge in [-0.15, -0.1) is 0 Å². The van der Waals surface area contributed by atoms with E-state index in [1.807, 2.05) is 6.92 Å². The molecule has 0 aliphatic carbocycles. The standard InChI is InChI=1S/C8H17NO2/c1-6(4-5-11-3)8(10)7(2)9/h6-7H,4-5,9H2,1-3H3. The Morgan fingerprint density at radius 1 is 1.55 bits per heavy atom. The van der Waals surface area contributed by atoms with E-state index in [1.54, 1.807) is 14.0 Å². The summed E-state index contributed by atoms with van der Waals surface area (Å²) in [5.74, 6) is 0.136. The number of ketones is 1. The number of rotatable bonds is 5. The Labute approximate surface area is 67.9 Å². The molecular formula is C8H17NO2. The Morgan fingerprint density at radius 2 is 2.09 bits per heavy atom. The average Bonchev–Trinajstić information content (AvgIpc) is 1.98. The molecule has 0 bridgehead atoms. The molecule has 0 fully saturated rings. The van der Waals surface area contributed by atoms with Crippen molar-refractivity contribution in [3.05, 3.63) is 0 Å². The van der Waals surface area contributed by atoms with Crippen molar-refractivity contribution < 1.29 is 9.53 Å². The maximum atomic E-state index is 11.2. The maximum Gasteiger partial charge on any atom is 0.152 e. The molecule has 0 aliphatic heterocycles. The molecule has 66 valence electrons. The van der Waals surface area contributed by atoms with Gasteiger partial charge in [0.15, 0.2) is 5.78 Å². The molecule has 0 aromatic carbocycles. The number of Topliss-reactive ketones (excluding diaryl/α,β-unsaturated/α-hetero) is 1. The second kappa shape index (κ2) is 5.27. The van der Waals surface area contributed by atoms with E-state index in [9.17, 15) is 4.79 Å². The second-order valence-electron chi connectivity index (χ2n) is 2.87. The van der Waals surface area contributed by atoms with Crippen molar-refractivity contribution >= 4 is 5.78 Å². The first-order valence-corrected chi connectivity index (χ1v) is 3.87. The fourth-order valence-corrected chi connectivity index (χ4v) is 0.886. The van der Waals surface area contributed by atoms with Gasteiger partial charge in [0.1, 0.15) is 0 Å². The lowest BCUT2D eigenvalue weighted by Crippen LogP contribution is -2.32. The van der Waals surface area contributed by atoms with Crippen LogP contribution in [0.2, 0.25) is 0 Å². The average molecular weight is 159 g/mol. The van der Waals surface area contributed by atoms with Gasteiger partial charge in [-0.25, -0.2) is 0 Å². The first-order chi connectivity index (χ1) is 5.09. The summed E-state index contributed by atoms with van der Waals surface area (Å²) in [6.07, 6.45) is 0.761. The molecule has 0 spiro atoms. The second-order valence-corrected chi connectivity index (χ2v) is 2.87. The van der Waals surface area contributed by atoms with Crippen LogP contribution in [-0.2, 0) is 9.53 Å². The first-order valence-electron chi connectivity index (χ1n) is 3.87. The molecule has 0 radical (unpaired) electrons. The molecule has 2 unspecified atom stereocenters. The summed E-state index contributed by atoms with van der Waals surface area (Å²) in [6, 6.07) is -0.346. The molecule has 0 aromatic rings. The van der Waals surface area contributed by atoms with Crippen molar-refractivity contribution in [1.82, 2.24) is 0 Å². The fourth-order valence-electron chi connectivity index (χ4n) is 0.886. The summed E-state index contributed by atoms with van der Waals surface area (Å²) in [4.78, 5) is 11.2. The van der Waals surface area contributed by atoms with Crippen LogP contribution >= 0.6 is 0 Å². The number of carbonyl (C=O) groups excluding carboxylic acids is 1. The first kappa shape index (κ1) is 10.6. The van der Waals surface area contributed by atoms with Crippen LogP contribution < -0.4 is 5.73 Å². The monoisotopic (exact) mass is 159 g/mol. The summed E-state index contributed by atoms with van der Waals surface area (Å²) in [7, 11) is 1.63. The lowest BCUT2D eigenvalue weighted by Gasteiger charge is -2.11. The van der Waals surface area contributed by atoms with Gasteiger partial charge in [0.25, 0.3) is 0 Å². The SMILES string of the molecule is COCCC(C)C(=O)C(C)N. The smallest absolute Gasteiger partial charge is 0.152 e. The van der Waals surface area contributed by atoms with Crippen molar-refractivity contribution in [3.8, 4) is 0 Å². The van der Waals surface area contributed by atoms with E-state index in [-0.39, 0.29) is 17.7 Å². The van der Waals surface area contributed by atoms with Crippen molar-refractivity contribution in [2.24, 2.45) is 11.7 Å². The molecule has 3 heteroatoms. The number of hydrogen-bond donors (Lipinski definition) is 1. The van der Waals surface area contributed by atoms with Crippen molar-refractivity contribution in [2.45, 2.75) is 26.3 Å². The number of carbonyl (C=O) groups is 1. The van der Waals surface area contributed by atoms with Crippen LogP contribution in [0.1, 0.15) is 20.3 Å². The van der Waals surface area contributed by atoms with E-state index < -0.39 is 0 Å². The molecular weight excluding hydrogens is 142 g/mol. The topological polar surface area (TPSA) is 52.3 Å². The zero-order valence-corrected chi connectivity index (χ0v) is 7.46. The van der Waals surface area contributed by atoms with Crippen molar-refractivity contribution in [2.75, 3.05) is 13.7 Å². The highest BCUT2D eigenvalue weighted by Crippen LogP contribution is 2.04. The minimum absolute atomic E-state index is 0.0231. The van der Waals surface area contributed by atoms with Crippen LogP contribution in [0.25, 0.3) is 0 Å². The van der Waals surface area contributed by atoms with Gasteiger partial charge in [0, 0.05) is 19.6 Å². The number of hydrogen-bond acceptors (Lipinski definition) is 3. The molecule has 0 saturated heterocycles. The Bertz CT molecular complexity index is 123. The third kappa shape index (κ3) is 4.11. The summed E-state index contributed by atoms with van der Waals surface area (Å²) in [6.45, 7) is 4.22. The van der Waals surface area contributed by atoms with Gasteiger partial charge in [-0.2, -0.15) is 0 Å². The molecule has 2 atom stereocenters. The van der Waals surface area contributed by atoms with Crippen LogP contribution in [0, 0.1) is 5.92 Å². The molecule has 11 heavy (non-hydrogen) atoms. The molecule has 0 heterocycles. The van der Waals surface area contributed by atoms with Crippen molar-refractivity contribution in [3.63, 3.8) is 0 Å². The number of ether oxygens (including phenoxy) is 1. The van der Waals surface area contributed by atoms with Crippen LogP contribution in [0.4, 0.5) is 0 Å². The van der Waals surface area contributed by atoms with Gasteiger partial charge in [-0.3, -0.25) is 4.79 Å². The summed E-state index contributed by atoms with van der Waals surface area (Å²) in [5.41, 5.74) is 5.42. The van der Waals surface area contributed by atoms with Gasteiger partial charge in [0.2, 0.25) is 0 Å². The molecule has 3 nitrogen and oxygen atoms in total. The highest BCUT2D eigenvalue weighted by atomic mass is 16.5. The minimum atomic E-state index is -0.346. The lowest BCUT2D eigenvalue weighted by atomic mass is 9.99. The zero-order valence-electron chi connectivity index (χ0n) is 7.46. The third-order valence-electron chi connectivity index (χ3n) is 1.69. The minimum Gasteiger partial charge on any atom is -0.385 e. The largest absolute Gasteiger partial charge is 0.385 e. The normalized spacial score (nSPS) is 16.0. The van der Waals surface area contributed by atoms with E-state index in [1.165, 1.54) is 0 Å². The van der Waals surface area contributed by atoms with Crippen LogP contribution in [0.15, 0.2) is 0 Å². The highest BCUT2D eigenvalue weighted by molar-refractivity contribution is 5.85.